The van der Waals surface area contributed by atoms with Crippen molar-refractivity contribution in [1.29, 1.82) is 0 Å². The number of amides is 5. The van der Waals surface area contributed by atoms with Gasteiger partial charge >= 0.3 is 18.1 Å². The van der Waals surface area contributed by atoms with Crippen LogP contribution < -0.4 is 27.4 Å². The number of carbonyl (C=O) groups excluding carboxylic acids is 8. The van der Waals surface area contributed by atoms with Crippen LogP contribution in [0.25, 0.3) is 0 Å². The van der Waals surface area contributed by atoms with Crippen molar-refractivity contribution in [2.24, 2.45) is 52.9 Å². The van der Waals surface area contributed by atoms with E-state index in [1.165, 1.54) is 19.1 Å². The van der Waals surface area contributed by atoms with Gasteiger partial charge in [-0.15, -0.1) is 6.58 Å². The van der Waals surface area contributed by atoms with Crippen LogP contribution in [0.4, 0.5) is 9.59 Å². The molecule has 2 saturated heterocycles. The number of hydrogen-bond acceptors (Lipinski definition) is 17. The number of cyclic esters (lactones) is 1. The first-order valence-electron chi connectivity index (χ1n) is 31.1. The average Bonchev–Trinajstić information content (AvgIpc) is 1.12. The lowest BCUT2D eigenvalue weighted by atomic mass is 9.78. The molecule has 1 aliphatic carbocycles. The third-order valence-corrected chi connectivity index (χ3v) is 17.9. The molecular weight excluding hydrogens is 1120 g/mol. The van der Waals surface area contributed by atoms with E-state index in [9.17, 15) is 48.6 Å². The number of benzene rings is 1. The van der Waals surface area contributed by atoms with Crippen molar-refractivity contribution < 1.29 is 77.0 Å². The summed E-state index contributed by atoms with van der Waals surface area (Å²) in [6.45, 7) is 18.8. The summed E-state index contributed by atoms with van der Waals surface area (Å²) in [5.74, 6) is -8.91. The predicted molar refractivity (Wildman–Crippen MR) is 325 cm³/mol. The summed E-state index contributed by atoms with van der Waals surface area (Å²) in [5.41, 5.74) is 14.1. The van der Waals surface area contributed by atoms with Gasteiger partial charge in [0.15, 0.2) is 5.78 Å². The van der Waals surface area contributed by atoms with Crippen LogP contribution in [-0.4, -0.2) is 157 Å². The maximum atomic E-state index is 14.6. The molecule has 5 amide bonds. The number of ketones is 3. The molecule has 87 heavy (non-hydrogen) atoms. The quantitative estimate of drug-likeness (QED) is 0.0237. The third-order valence-electron chi connectivity index (χ3n) is 17.9. The highest BCUT2D eigenvalue weighted by molar-refractivity contribution is 6.39. The number of rotatable bonds is 21. The number of urea groups is 1. The number of nitrogens with two attached hydrogens (primary N) is 2. The second-order valence-corrected chi connectivity index (χ2v) is 25.2. The zero-order chi connectivity index (χ0) is 64.3. The predicted octanol–water partition coefficient (Wildman–Crippen LogP) is 6.20. The molecule has 9 N–H and O–H groups in total. The van der Waals surface area contributed by atoms with Gasteiger partial charge < -0.3 is 65.6 Å². The van der Waals surface area contributed by atoms with Crippen molar-refractivity contribution in [1.82, 2.24) is 20.9 Å². The number of nitrogens with one attached hydrogen (secondary N) is 3. The van der Waals surface area contributed by atoms with Gasteiger partial charge in [-0.2, -0.15) is 0 Å². The molecule has 22 heteroatoms. The molecule has 1 aromatic rings. The van der Waals surface area contributed by atoms with Gasteiger partial charge in [0.1, 0.15) is 37.4 Å². The molecular formula is C65H100N6O16. The van der Waals surface area contributed by atoms with E-state index < -0.39 is 108 Å². The van der Waals surface area contributed by atoms with Gasteiger partial charge in [-0.3, -0.25) is 29.3 Å². The lowest BCUT2D eigenvalue weighted by molar-refractivity contribution is -0.302. The number of Topliss-reactive ketones (excluding diaryl/α,β-unsaturated/α-hetero) is 3. The Kier molecular flexibility index (Phi) is 28.2. The summed E-state index contributed by atoms with van der Waals surface area (Å²) >= 11 is 0. The number of ether oxygens (including phenoxy) is 6. The van der Waals surface area contributed by atoms with Crippen molar-refractivity contribution in [3.05, 3.63) is 71.3 Å². The van der Waals surface area contributed by atoms with Gasteiger partial charge in [-0.25, -0.2) is 14.4 Å². The Morgan fingerprint density at radius 2 is 1.60 bits per heavy atom. The van der Waals surface area contributed by atoms with Crippen LogP contribution in [-0.2, 0) is 70.2 Å². The number of methoxy groups -OCH3 is 2. The van der Waals surface area contributed by atoms with Crippen molar-refractivity contribution >= 4 is 47.3 Å². The molecule has 486 valence electrons. The van der Waals surface area contributed by atoms with Gasteiger partial charge in [0.25, 0.3) is 11.7 Å². The molecule has 22 nitrogen and oxygen atoms in total. The van der Waals surface area contributed by atoms with Crippen LogP contribution in [0.15, 0.2) is 60.2 Å². The number of aliphatic hydroxyl groups is 2. The Hall–Kier alpha value is -5.88. The zero-order valence-corrected chi connectivity index (χ0v) is 52.9. The fraction of sp³-hybridized carbons (Fsp3) is 0.692. The van der Waals surface area contributed by atoms with Crippen LogP contribution >= 0.6 is 0 Å². The average molecular weight is 1220 g/mol. The van der Waals surface area contributed by atoms with E-state index in [0.717, 1.165) is 5.57 Å². The fourth-order valence-corrected chi connectivity index (χ4v) is 12.6. The molecule has 3 heterocycles. The maximum Gasteiger partial charge on any atom is 0.409 e. The largest absolute Gasteiger partial charge is 0.456 e. The van der Waals surface area contributed by atoms with Crippen LogP contribution in [0.2, 0.25) is 0 Å². The van der Waals surface area contributed by atoms with E-state index in [4.69, 9.17) is 39.9 Å². The molecule has 1 unspecified atom stereocenters. The topological polar surface area (TPSA) is 324 Å². The highest BCUT2D eigenvalue weighted by atomic mass is 16.7. The first-order chi connectivity index (χ1) is 41.2. The molecule has 16 atom stereocenters. The minimum atomic E-state index is -2.56. The van der Waals surface area contributed by atoms with Gasteiger partial charge in [-0.05, 0) is 131 Å². The van der Waals surface area contributed by atoms with Crippen LogP contribution in [0.3, 0.4) is 0 Å². The number of nitrogens with zero attached hydrogens (tertiary/aromatic N) is 1. The van der Waals surface area contributed by atoms with E-state index >= 15 is 0 Å². The summed E-state index contributed by atoms with van der Waals surface area (Å²) < 4.78 is 36.1. The molecule has 1 aromatic carbocycles. The first-order valence-corrected chi connectivity index (χ1v) is 31.1. The zero-order valence-electron chi connectivity index (χ0n) is 52.9. The Morgan fingerprint density at radius 3 is 2.24 bits per heavy atom. The fourth-order valence-electron chi connectivity index (χ4n) is 12.6. The molecule has 1 saturated carbocycles. The van der Waals surface area contributed by atoms with E-state index in [0.29, 0.717) is 74.5 Å². The lowest BCUT2D eigenvalue weighted by Crippen LogP contribution is -2.64. The SMILES string of the molecule is C=CC[C@@H]1/C=C(\C)C[C@H](C)C[C@H](OC)[C@H]2O[C@@](O)(C(=O)C(=O)N3CCCC[C@H]3C(=O)O[C@H](/C(C)=C/C3CC[C@@H](OCNC(=O)OCc4ccc(CC(=O)[C@H](CCCNC(N)=O)NC(=O)[C@@H](N)C(C)C)cc4)[C@H](C)C3)[C@H](C)[C@@H](O)CC1=O)[C@H](C)C[C@@H]2OC. The smallest absolute Gasteiger partial charge is 0.409 e. The second-order valence-electron chi connectivity index (χ2n) is 25.2. The number of fused-ring (bicyclic) bond motifs is 3. The molecule has 0 aromatic heterocycles. The second kappa shape index (κ2) is 34.2. The number of primary amides is 1. The summed E-state index contributed by atoms with van der Waals surface area (Å²) in [4.78, 5) is 109. The van der Waals surface area contributed by atoms with Crippen molar-refractivity contribution in [2.45, 2.75) is 212 Å². The molecule has 4 aliphatic rings. The number of esters is 1. The third kappa shape index (κ3) is 20.6. The highest BCUT2D eigenvalue weighted by Crippen LogP contribution is 2.40. The van der Waals surface area contributed by atoms with E-state index in [1.807, 2.05) is 53.7 Å². The van der Waals surface area contributed by atoms with Crippen molar-refractivity contribution in [3.63, 3.8) is 0 Å². The lowest BCUT2D eigenvalue weighted by Gasteiger charge is -2.47. The summed E-state index contributed by atoms with van der Waals surface area (Å²) in [7, 11) is 3.03. The van der Waals surface area contributed by atoms with E-state index in [1.54, 1.807) is 44.2 Å². The van der Waals surface area contributed by atoms with Gasteiger partial charge in [0, 0.05) is 57.9 Å². The van der Waals surface area contributed by atoms with Gasteiger partial charge in [-0.1, -0.05) is 89.6 Å². The number of allylic oxidation sites excluding steroid dienone is 4. The monoisotopic (exact) mass is 1220 g/mol. The Labute approximate surface area is 514 Å². The van der Waals surface area contributed by atoms with Crippen LogP contribution in [0, 0.1) is 41.4 Å². The Bertz CT molecular complexity index is 2580. The molecule has 0 spiro atoms. The number of piperidine rings is 1. The first kappa shape index (κ1) is 71.9. The standard InChI is InChI=1S/C65H100N6O16/c1-12-16-47-28-38(4)27-39(5)29-54(82-10)58-55(83-11)32-42(8)65(81,87-58)59(75)61(77)71-26-14-13-18-49(71)62(78)86-57(43(9)50(72)34-51(47)73)41(7)31-46-23-24-53(40(6)30-46)85-36-69-64(80)84-35-45-21-19-44(20-22-45)33-52(74)48(17-15-25-68-63(67)79)70-60(76)56(66)37(2)3/h12,19-22,28,31,37,39-40,42-43,46-50,53-58,72,81H,1,13-18,23-27,29-30,32-36,66H2,2-11H3,(H,69,80)(H,70,76)(H3,67,68,79)/b38-28+,41-31+/t39-,40+,42+,43+,46?,47+,48-,49-,50-,53+,54-,55-,56-,57+,58+,65+/m0/s1. The van der Waals surface area contributed by atoms with E-state index in [-0.39, 0.29) is 99.9 Å². The van der Waals surface area contributed by atoms with Gasteiger partial charge in [0.2, 0.25) is 11.7 Å². The minimum absolute atomic E-state index is 0.0135. The molecule has 2 bridgehead atoms. The molecule has 5 rings (SSSR count). The minimum Gasteiger partial charge on any atom is -0.456 e. The number of alkyl carbamates (subject to hydrolysis) is 1. The normalized spacial score (nSPS) is 31.4. The van der Waals surface area contributed by atoms with Crippen LogP contribution in [0.5, 0.6) is 0 Å². The summed E-state index contributed by atoms with van der Waals surface area (Å²) in [6, 6.07) is 3.45. The Balaban J connectivity index is 1.24. The summed E-state index contributed by atoms with van der Waals surface area (Å²) in [6.07, 6.45) is 5.37. The summed E-state index contributed by atoms with van der Waals surface area (Å²) in [5, 5.41) is 32.1. The maximum absolute atomic E-state index is 14.6. The van der Waals surface area contributed by atoms with Crippen molar-refractivity contribution in [2.75, 3.05) is 34.0 Å². The molecule has 3 fully saturated rings. The molecule has 3 aliphatic heterocycles. The van der Waals surface area contributed by atoms with Gasteiger partial charge in [0.05, 0.1) is 36.5 Å². The number of aliphatic hydroxyl groups excluding tert-OH is 1. The van der Waals surface area contributed by atoms with Crippen molar-refractivity contribution in [3.8, 4) is 0 Å². The van der Waals surface area contributed by atoms with Crippen LogP contribution in [0.1, 0.15) is 150 Å². The van der Waals surface area contributed by atoms with E-state index in [2.05, 4.69) is 22.5 Å². The number of carbonyl (C=O) groups is 8. The Morgan fingerprint density at radius 1 is 0.920 bits per heavy atom. The number of hydrogen-bond donors (Lipinski definition) is 7. The molecule has 0 radical (unpaired) electrons. The highest BCUT2D eigenvalue weighted by Gasteiger charge is 2.57.